The summed E-state index contributed by atoms with van der Waals surface area (Å²) in [6.07, 6.45) is 1.54. The van der Waals surface area contributed by atoms with Crippen molar-refractivity contribution in [2.75, 3.05) is 4.31 Å². The molecule has 0 saturated heterocycles. The Balaban J connectivity index is 2.06. The lowest BCUT2D eigenvalue weighted by molar-refractivity contribution is -0.385. The van der Waals surface area contributed by atoms with Gasteiger partial charge in [0.1, 0.15) is 0 Å². The molecule has 9 heteroatoms. The Morgan fingerprint density at radius 2 is 1.92 bits per heavy atom. The number of nitrogens with zero attached hydrogens (tertiary/aromatic N) is 3. The van der Waals surface area contributed by atoms with Crippen molar-refractivity contribution in [2.45, 2.75) is 18.4 Å². The van der Waals surface area contributed by atoms with Crippen LogP contribution in [-0.4, -0.2) is 18.3 Å². The number of aryl methyl sites for hydroxylation is 1. The molecule has 1 aromatic heterocycles. The molecule has 0 unspecified atom stereocenters. The molecular weight excluding hydrogens is 374 g/mol. The van der Waals surface area contributed by atoms with Gasteiger partial charge < -0.3 is 0 Å². The zero-order valence-corrected chi connectivity index (χ0v) is 15.4. The van der Waals surface area contributed by atoms with Crippen LogP contribution < -0.4 is 4.31 Å². The molecule has 3 rings (SSSR count). The zero-order valence-electron chi connectivity index (χ0n) is 13.8. The molecule has 0 aliphatic heterocycles. The van der Waals surface area contributed by atoms with Gasteiger partial charge in [0.15, 0.2) is 5.13 Å². The molecule has 26 heavy (non-hydrogen) atoms. The van der Waals surface area contributed by atoms with Gasteiger partial charge in [0.05, 0.1) is 16.4 Å². The summed E-state index contributed by atoms with van der Waals surface area (Å²) < 4.78 is 27.7. The predicted molar refractivity (Wildman–Crippen MR) is 99.8 cm³/mol. The van der Waals surface area contributed by atoms with Crippen molar-refractivity contribution in [1.82, 2.24) is 4.98 Å². The molecule has 1 heterocycles. The van der Waals surface area contributed by atoms with Gasteiger partial charge in [-0.15, -0.1) is 11.3 Å². The third-order valence-corrected chi connectivity index (χ3v) is 6.55. The molecule has 0 aliphatic rings. The highest BCUT2D eigenvalue weighted by molar-refractivity contribution is 7.93. The van der Waals surface area contributed by atoms with E-state index >= 15 is 0 Å². The standard InChI is InChI=1S/C17H15N3O4S2/c1-13-11-15(20(21)22)7-8-16(13)26(23,24)19(17-18-9-10-25-17)12-14-5-3-2-4-6-14/h2-11H,12H2,1H3. The smallest absolute Gasteiger partial charge is 0.258 e. The van der Waals surface area contributed by atoms with Crippen LogP contribution in [0.5, 0.6) is 0 Å². The van der Waals surface area contributed by atoms with Crippen LogP contribution in [0.3, 0.4) is 0 Å². The third-order valence-electron chi connectivity index (χ3n) is 3.74. The fourth-order valence-corrected chi connectivity index (χ4v) is 4.98. The molecule has 0 atom stereocenters. The van der Waals surface area contributed by atoms with Gasteiger partial charge in [-0.1, -0.05) is 30.3 Å². The van der Waals surface area contributed by atoms with E-state index in [1.807, 2.05) is 30.3 Å². The van der Waals surface area contributed by atoms with E-state index in [2.05, 4.69) is 4.98 Å². The summed E-state index contributed by atoms with van der Waals surface area (Å²) in [4.78, 5) is 14.5. The number of non-ortho nitro benzene ring substituents is 1. The summed E-state index contributed by atoms with van der Waals surface area (Å²) in [7, 11) is -3.94. The van der Waals surface area contributed by atoms with Crippen LogP contribution >= 0.6 is 11.3 Å². The highest BCUT2D eigenvalue weighted by Crippen LogP contribution is 2.30. The first-order valence-electron chi connectivity index (χ1n) is 7.61. The van der Waals surface area contributed by atoms with Gasteiger partial charge in [-0.3, -0.25) is 10.1 Å². The number of anilines is 1. The molecule has 0 radical (unpaired) electrons. The van der Waals surface area contributed by atoms with Crippen molar-refractivity contribution in [1.29, 1.82) is 0 Å². The third kappa shape index (κ3) is 3.58. The molecule has 0 aliphatic carbocycles. The Morgan fingerprint density at radius 1 is 1.19 bits per heavy atom. The van der Waals surface area contributed by atoms with Gasteiger partial charge in [-0.25, -0.2) is 17.7 Å². The Morgan fingerprint density at radius 3 is 2.50 bits per heavy atom. The Hall–Kier alpha value is -2.78. The first-order chi connectivity index (χ1) is 12.4. The lowest BCUT2D eigenvalue weighted by Crippen LogP contribution is -2.31. The lowest BCUT2D eigenvalue weighted by Gasteiger charge is -2.22. The van der Waals surface area contributed by atoms with Crippen molar-refractivity contribution in [3.63, 3.8) is 0 Å². The van der Waals surface area contributed by atoms with E-state index in [0.717, 1.165) is 5.56 Å². The second-order valence-electron chi connectivity index (χ2n) is 5.52. The average Bonchev–Trinajstić information content (AvgIpc) is 3.14. The fourth-order valence-electron chi connectivity index (χ4n) is 2.50. The molecule has 0 amide bonds. The van der Waals surface area contributed by atoms with E-state index in [9.17, 15) is 18.5 Å². The largest absolute Gasteiger partial charge is 0.269 e. The number of thiazole rings is 1. The summed E-state index contributed by atoms with van der Waals surface area (Å²) in [6, 6.07) is 12.9. The summed E-state index contributed by atoms with van der Waals surface area (Å²) >= 11 is 1.21. The molecule has 0 saturated carbocycles. The van der Waals surface area contributed by atoms with Gasteiger partial charge >= 0.3 is 0 Å². The fraction of sp³-hybridized carbons (Fsp3) is 0.118. The molecular formula is C17H15N3O4S2. The van der Waals surface area contributed by atoms with Gasteiger partial charge in [0, 0.05) is 23.7 Å². The van der Waals surface area contributed by atoms with Gasteiger partial charge in [0.25, 0.3) is 15.7 Å². The maximum absolute atomic E-state index is 13.3. The highest BCUT2D eigenvalue weighted by Gasteiger charge is 2.29. The monoisotopic (exact) mass is 389 g/mol. The quantitative estimate of drug-likeness (QED) is 0.473. The van der Waals surface area contributed by atoms with E-state index in [1.165, 1.54) is 40.0 Å². The van der Waals surface area contributed by atoms with E-state index in [1.54, 1.807) is 12.3 Å². The summed E-state index contributed by atoms with van der Waals surface area (Å²) in [5, 5.41) is 13.0. The van der Waals surface area contributed by atoms with Crippen LogP contribution in [-0.2, 0) is 16.6 Å². The normalized spacial score (nSPS) is 11.3. The first-order valence-corrected chi connectivity index (χ1v) is 9.93. The van der Waals surface area contributed by atoms with Crippen molar-refractivity contribution in [3.8, 4) is 0 Å². The summed E-state index contributed by atoms with van der Waals surface area (Å²) in [6.45, 7) is 1.66. The van der Waals surface area contributed by atoms with Crippen LogP contribution in [0.2, 0.25) is 0 Å². The second kappa shape index (κ2) is 7.22. The van der Waals surface area contributed by atoms with Crippen LogP contribution in [0.25, 0.3) is 0 Å². The van der Waals surface area contributed by atoms with Crippen LogP contribution in [0.1, 0.15) is 11.1 Å². The Bertz CT molecular complexity index is 1020. The number of sulfonamides is 1. The molecule has 0 N–H and O–H groups in total. The minimum atomic E-state index is -3.94. The van der Waals surface area contributed by atoms with Crippen molar-refractivity contribution in [3.05, 3.63) is 81.3 Å². The first kappa shape index (κ1) is 18.0. The van der Waals surface area contributed by atoms with E-state index < -0.39 is 14.9 Å². The number of rotatable bonds is 6. The van der Waals surface area contributed by atoms with E-state index in [4.69, 9.17) is 0 Å². The molecule has 0 fully saturated rings. The zero-order chi connectivity index (χ0) is 18.7. The number of aromatic nitrogens is 1. The number of hydrogen-bond acceptors (Lipinski definition) is 6. The Labute approximate surface area is 154 Å². The maximum atomic E-state index is 13.3. The number of nitro groups is 1. The van der Waals surface area contributed by atoms with Gasteiger partial charge in [-0.05, 0) is 24.1 Å². The van der Waals surface area contributed by atoms with Crippen molar-refractivity contribution < 1.29 is 13.3 Å². The van der Waals surface area contributed by atoms with Crippen molar-refractivity contribution in [2.24, 2.45) is 0 Å². The molecule has 7 nitrogen and oxygen atoms in total. The summed E-state index contributed by atoms with van der Waals surface area (Å²) in [5.74, 6) is 0. The van der Waals surface area contributed by atoms with E-state index in [-0.39, 0.29) is 17.1 Å². The number of nitro benzene ring substituents is 1. The minimum Gasteiger partial charge on any atom is -0.258 e. The second-order valence-corrected chi connectivity index (χ2v) is 8.22. The van der Waals surface area contributed by atoms with E-state index in [0.29, 0.717) is 10.7 Å². The SMILES string of the molecule is Cc1cc([N+](=O)[O-])ccc1S(=O)(=O)N(Cc1ccccc1)c1nccs1. The number of benzene rings is 2. The predicted octanol–water partition coefficient (Wildman–Crippen LogP) is 3.76. The van der Waals surface area contributed by atoms with Gasteiger partial charge in [-0.2, -0.15) is 0 Å². The molecule has 2 aromatic carbocycles. The maximum Gasteiger partial charge on any atom is 0.269 e. The van der Waals surface area contributed by atoms with Crippen LogP contribution in [0, 0.1) is 17.0 Å². The van der Waals surface area contributed by atoms with Crippen molar-refractivity contribution >= 4 is 32.2 Å². The summed E-state index contributed by atoms with van der Waals surface area (Å²) in [5.41, 5.74) is 0.977. The molecule has 0 spiro atoms. The molecule has 134 valence electrons. The average molecular weight is 389 g/mol. The van der Waals surface area contributed by atoms with Crippen LogP contribution in [0.15, 0.2) is 65.0 Å². The Kier molecular flexibility index (Phi) is 5.01. The molecule has 0 bridgehead atoms. The van der Waals surface area contributed by atoms with Gasteiger partial charge in [0.2, 0.25) is 0 Å². The minimum absolute atomic E-state index is 0.0224. The topological polar surface area (TPSA) is 93.4 Å². The molecule has 3 aromatic rings. The number of hydrogen-bond donors (Lipinski definition) is 0. The highest BCUT2D eigenvalue weighted by atomic mass is 32.2. The van der Waals surface area contributed by atoms with Crippen LogP contribution in [0.4, 0.5) is 10.8 Å². The lowest BCUT2D eigenvalue weighted by atomic mass is 10.2.